The van der Waals surface area contributed by atoms with Gasteiger partial charge >= 0.3 is 0 Å². The van der Waals surface area contributed by atoms with Crippen molar-refractivity contribution in [3.63, 3.8) is 0 Å². The van der Waals surface area contributed by atoms with Crippen molar-refractivity contribution in [3.8, 4) is 0 Å². The second-order valence-corrected chi connectivity index (χ2v) is 7.38. The fourth-order valence-electron chi connectivity index (χ4n) is 2.92. The Balaban J connectivity index is 1.80. The molecule has 1 aliphatic rings. The van der Waals surface area contributed by atoms with Crippen LogP contribution in [0, 0.1) is 5.82 Å². The first-order chi connectivity index (χ1) is 11.1. The van der Waals surface area contributed by atoms with Crippen LogP contribution in [0.2, 0.25) is 0 Å². The molecule has 2 N–H and O–H groups in total. The van der Waals surface area contributed by atoms with Crippen LogP contribution in [0.1, 0.15) is 30.0 Å². The Morgan fingerprint density at radius 2 is 2.17 bits per heavy atom. The number of aromatic nitrogens is 2. The van der Waals surface area contributed by atoms with E-state index in [-0.39, 0.29) is 11.9 Å². The third kappa shape index (κ3) is 4.13. The molecule has 1 aromatic carbocycles. The number of hydrogen-bond acceptors (Lipinski definition) is 4. The highest BCUT2D eigenvalue weighted by molar-refractivity contribution is 7.99. The first-order valence-corrected chi connectivity index (χ1v) is 8.99. The van der Waals surface area contributed by atoms with E-state index in [1.54, 1.807) is 16.9 Å². The first kappa shape index (κ1) is 16.5. The summed E-state index contributed by atoms with van der Waals surface area (Å²) in [5.41, 5.74) is 1.12. The summed E-state index contributed by atoms with van der Waals surface area (Å²) in [6, 6.07) is 6.40. The lowest BCUT2D eigenvalue weighted by Crippen LogP contribution is -2.44. The van der Waals surface area contributed by atoms with E-state index in [1.807, 2.05) is 31.1 Å². The van der Waals surface area contributed by atoms with Crippen LogP contribution in [0.4, 0.5) is 4.39 Å². The lowest BCUT2D eigenvalue weighted by atomic mass is 9.94. The van der Waals surface area contributed by atoms with Gasteiger partial charge in [0.05, 0.1) is 17.8 Å². The van der Waals surface area contributed by atoms with Crippen molar-refractivity contribution in [1.82, 2.24) is 15.1 Å². The summed E-state index contributed by atoms with van der Waals surface area (Å²) in [6.45, 7) is 0.490. The molecule has 124 valence electrons. The Hall–Kier alpha value is -1.37. The highest BCUT2D eigenvalue weighted by atomic mass is 32.2. The monoisotopic (exact) mass is 335 g/mol. The highest BCUT2D eigenvalue weighted by Crippen LogP contribution is 2.28. The Bertz CT molecular complexity index is 655. The number of aliphatic hydroxyl groups is 1. The van der Waals surface area contributed by atoms with Crippen molar-refractivity contribution >= 4 is 11.8 Å². The van der Waals surface area contributed by atoms with E-state index in [1.165, 1.54) is 12.1 Å². The third-order valence-electron chi connectivity index (χ3n) is 4.30. The van der Waals surface area contributed by atoms with Gasteiger partial charge in [-0.05, 0) is 42.0 Å². The lowest BCUT2D eigenvalue weighted by molar-refractivity contribution is 0.0306. The quantitative estimate of drug-likeness (QED) is 0.881. The molecule has 1 fully saturated rings. The SMILES string of the molecule is Cn1cc(C(NCC2(O)CCSCC2)c2cccc(F)c2)cn1. The molecule has 0 spiro atoms. The van der Waals surface area contributed by atoms with Crippen LogP contribution in [0.15, 0.2) is 36.7 Å². The van der Waals surface area contributed by atoms with Crippen molar-refractivity contribution in [2.75, 3.05) is 18.1 Å². The predicted molar refractivity (Wildman–Crippen MR) is 91.0 cm³/mol. The summed E-state index contributed by atoms with van der Waals surface area (Å²) < 4.78 is 15.3. The van der Waals surface area contributed by atoms with E-state index in [2.05, 4.69) is 10.4 Å². The molecular formula is C17H22FN3OS. The molecular weight excluding hydrogens is 313 g/mol. The van der Waals surface area contributed by atoms with Crippen LogP contribution < -0.4 is 5.32 Å². The molecule has 3 rings (SSSR count). The normalized spacial score (nSPS) is 18.7. The number of nitrogens with zero attached hydrogens (tertiary/aromatic N) is 2. The molecule has 23 heavy (non-hydrogen) atoms. The molecule has 0 bridgehead atoms. The first-order valence-electron chi connectivity index (χ1n) is 7.83. The number of halogens is 1. The molecule has 6 heteroatoms. The number of aryl methyl sites for hydroxylation is 1. The molecule has 2 aromatic rings. The summed E-state index contributed by atoms with van der Waals surface area (Å²) in [7, 11) is 1.86. The van der Waals surface area contributed by atoms with E-state index in [9.17, 15) is 9.50 Å². The Labute approximate surface area is 140 Å². The molecule has 0 aliphatic carbocycles. The summed E-state index contributed by atoms with van der Waals surface area (Å²) in [4.78, 5) is 0. The number of benzene rings is 1. The maximum absolute atomic E-state index is 13.6. The van der Waals surface area contributed by atoms with Crippen LogP contribution in [-0.2, 0) is 7.05 Å². The fraction of sp³-hybridized carbons (Fsp3) is 0.471. The Morgan fingerprint density at radius 3 is 2.83 bits per heavy atom. The van der Waals surface area contributed by atoms with Crippen LogP contribution >= 0.6 is 11.8 Å². The zero-order chi connectivity index (χ0) is 16.3. The van der Waals surface area contributed by atoms with Crippen LogP contribution in [0.25, 0.3) is 0 Å². The van der Waals surface area contributed by atoms with Crippen molar-refractivity contribution < 1.29 is 9.50 Å². The minimum atomic E-state index is -0.682. The summed E-state index contributed by atoms with van der Waals surface area (Å²) in [5, 5.41) is 18.3. The second kappa shape index (κ2) is 7.03. The van der Waals surface area contributed by atoms with Crippen molar-refractivity contribution in [1.29, 1.82) is 0 Å². The number of rotatable bonds is 5. The van der Waals surface area contributed by atoms with Crippen LogP contribution in [-0.4, -0.2) is 38.5 Å². The average Bonchev–Trinajstić information content (AvgIpc) is 2.94. The van der Waals surface area contributed by atoms with E-state index in [0.717, 1.165) is 35.5 Å². The largest absolute Gasteiger partial charge is 0.389 e. The Kier molecular flexibility index (Phi) is 5.04. The summed E-state index contributed by atoms with van der Waals surface area (Å²) in [6.07, 6.45) is 5.27. The molecule has 0 saturated carbocycles. The zero-order valence-electron chi connectivity index (χ0n) is 13.2. The summed E-state index contributed by atoms with van der Waals surface area (Å²) >= 11 is 1.88. The minimum Gasteiger partial charge on any atom is -0.389 e. The zero-order valence-corrected chi connectivity index (χ0v) is 14.0. The van der Waals surface area contributed by atoms with Crippen molar-refractivity contribution in [3.05, 3.63) is 53.6 Å². The molecule has 2 heterocycles. The summed E-state index contributed by atoms with van der Waals surface area (Å²) in [5.74, 6) is 1.71. The molecule has 4 nitrogen and oxygen atoms in total. The van der Waals surface area contributed by atoms with Gasteiger partial charge in [0.2, 0.25) is 0 Å². The van der Waals surface area contributed by atoms with Gasteiger partial charge < -0.3 is 10.4 Å². The van der Waals surface area contributed by atoms with Gasteiger partial charge in [0.15, 0.2) is 0 Å². The van der Waals surface area contributed by atoms with Gasteiger partial charge in [-0.1, -0.05) is 12.1 Å². The molecule has 0 amide bonds. The Morgan fingerprint density at radius 1 is 1.39 bits per heavy atom. The molecule has 1 atom stereocenters. The van der Waals surface area contributed by atoms with E-state index in [0.29, 0.717) is 6.54 Å². The van der Waals surface area contributed by atoms with Crippen molar-refractivity contribution in [2.24, 2.45) is 7.05 Å². The van der Waals surface area contributed by atoms with Crippen molar-refractivity contribution in [2.45, 2.75) is 24.5 Å². The standard InChI is InChI=1S/C17H22FN3OS/c1-21-11-14(10-20-21)16(13-3-2-4-15(18)9-13)19-12-17(22)5-7-23-8-6-17/h2-4,9-11,16,19,22H,5-8,12H2,1H3. The number of nitrogens with one attached hydrogen (secondary N) is 1. The molecule has 1 aromatic heterocycles. The third-order valence-corrected chi connectivity index (χ3v) is 5.28. The molecule has 1 unspecified atom stereocenters. The van der Waals surface area contributed by atoms with E-state index in [4.69, 9.17) is 0 Å². The number of thioether (sulfide) groups is 1. The van der Waals surface area contributed by atoms with Gasteiger partial charge in [0, 0.05) is 25.4 Å². The predicted octanol–water partition coefficient (Wildman–Crippen LogP) is 2.50. The lowest BCUT2D eigenvalue weighted by Gasteiger charge is -2.33. The van der Waals surface area contributed by atoms with Gasteiger partial charge in [0.25, 0.3) is 0 Å². The number of hydrogen-bond donors (Lipinski definition) is 2. The molecule has 1 saturated heterocycles. The molecule has 1 aliphatic heterocycles. The van der Waals surface area contributed by atoms with Crippen LogP contribution in [0.3, 0.4) is 0 Å². The smallest absolute Gasteiger partial charge is 0.123 e. The van der Waals surface area contributed by atoms with Gasteiger partial charge in [0.1, 0.15) is 5.82 Å². The highest BCUT2D eigenvalue weighted by Gasteiger charge is 2.30. The average molecular weight is 335 g/mol. The minimum absolute atomic E-state index is 0.182. The van der Waals surface area contributed by atoms with Gasteiger partial charge in [-0.25, -0.2) is 4.39 Å². The van der Waals surface area contributed by atoms with E-state index >= 15 is 0 Å². The fourth-order valence-corrected chi connectivity index (χ4v) is 4.18. The van der Waals surface area contributed by atoms with Crippen LogP contribution in [0.5, 0.6) is 0 Å². The van der Waals surface area contributed by atoms with E-state index < -0.39 is 5.60 Å². The van der Waals surface area contributed by atoms with Gasteiger partial charge in [-0.15, -0.1) is 0 Å². The topological polar surface area (TPSA) is 50.1 Å². The van der Waals surface area contributed by atoms with Gasteiger partial charge in [-0.2, -0.15) is 16.9 Å². The van der Waals surface area contributed by atoms with Gasteiger partial charge in [-0.3, -0.25) is 4.68 Å². The second-order valence-electron chi connectivity index (χ2n) is 6.15. The maximum atomic E-state index is 13.6. The maximum Gasteiger partial charge on any atom is 0.123 e. The molecule has 0 radical (unpaired) electrons.